The predicted molar refractivity (Wildman–Crippen MR) is 92.2 cm³/mol. The molecule has 0 heterocycles. The highest BCUT2D eigenvalue weighted by molar-refractivity contribution is 5.93. The molecule has 3 aliphatic rings. The lowest BCUT2D eigenvalue weighted by atomic mass is 9.60. The number of hydrogen-bond acceptors (Lipinski definition) is 3. The zero-order valence-electron chi connectivity index (χ0n) is 14.5. The molecule has 0 spiro atoms. The highest BCUT2D eigenvalue weighted by Gasteiger charge is 2.59. The van der Waals surface area contributed by atoms with E-state index in [1.54, 1.807) is 0 Å². The Morgan fingerprint density at radius 3 is 2.58 bits per heavy atom. The molecule has 5 atom stereocenters. The largest absolute Gasteiger partial charge is 0.463 e. The number of rotatable bonds is 6. The van der Waals surface area contributed by atoms with Crippen molar-refractivity contribution >= 4 is 5.97 Å². The van der Waals surface area contributed by atoms with Crippen LogP contribution in [0.3, 0.4) is 0 Å². The number of esters is 1. The molecule has 1 aromatic carbocycles. The van der Waals surface area contributed by atoms with E-state index in [1.807, 2.05) is 25.1 Å². The van der Waals surface area contributed by atoms with Crippen molar-refractivity contribution in [2.45, 2.75) is 45.8 Å². The third kappa shape index (κ3) is 2.50. The van der Waals surface area contributed by atoms with Crippen LogP contribution in [0.4, 0.5) is 0 Å². The monoisotopic (exact) mass is 326 g/mol. The van der Waals surface area contributed by atoms with Crippen molar-refractivity contribution in [1.82, 2.24) is 0 Å². The van der Waals surface area contributed by atoms with Gasteiger partial charge in [0.25, 0.3) is 0 Å². The summed E-state index contributed by atoms with van der Waals surface area (Å²) in [5.74, 6) is 2.37. The SMILES string of the molecule is CCOC(=O)C1=C([C@H](C)OCc2ccccc2)[C@@H]2[C@H]3CC[C@H](C3)[C@H]12. The molecule has 128 valence electrons. The highest BCUT2D eigenvalue weighted by Crippen LogP contribution is 2.64. The smallest absolute Gasteiger partial charge is 0.334 e. The van der Waals surface area contributed by atoms with Gasteiger partial charge in [0, 0.05) is 11.5 Å². The van der Waals surface area contributed by atoms with Crippen molar-refractivity contribution in [3.8, 4) is 0 Å². The molecule has 0 aliphatic heterocycles. The summed E-state index contributed by atoms with van der Waals surface area (Å²) in [5.41, 5.74) is 3.36. The Labute approximate surface area is 144 Å². The van der Waals surface area contributed by atoms with Gasteiger partial charge in [0.15, 0.2) is 0 Å². The van der Waals surface area contributed by atoms with E-state index in [-0.39, 0.29) is 12.1 Å². The topological polar surface area (TPSA) is 35.5 Å². The van der Waals surface area contributed by atoms with E-state index in [1.165, 1.54) is 30.4 Å². The lowest BCUT2D eigenvalue weighted by Crippen LogP contribution is -2.43. The van der Waals surface area contributed by atoms with Gasteiger partial charge >= 0.3 is 5.97 Å². The summed E-state index contributed by atoms with van der Waals surface area (Å²) in [6, 6.07) is 10.2. The molecular formula is C21H26O3. The maximum atomic E-state index is 12.5. The van der Waals surface area contributed by atoms with Crippen LogP contribution in [-0.2, 0) is 20.9 Å². The molecule has 0 aromatic heterocycles. The summed E-state index contributed by atoms with van der Waals surface area (Å²) in [6.45, 7) is 5.01. The van der Waals surface area contributed by atoms with E-state index in [4.69, 9.17) is 9.47 Å². The Morgan fingerprint density at radius 2 is 1.88 bits per heavy atom. The molecular weight excluding hydrogens is 300 g/mol. The van der Waals surface area contributed by atoms with Crippen LogP contribution in [0, 0.1) is 23.7 Å². The van der Waals surface area contributed by atoms with Crippen LogP contribution in [0.5, 0.6) is 0 Å². The summed E-state index contributed by atoms with van der Waals surface area (Å²) in [4.78, 5) is 12.5. The summed E-state index contributed by atoms with van der Waals surface area (Å²) >= 11 is 0. The van der Waals surface area contributed by atoms with Crippen molar-refractivity contribution in [1.29, 1.82) is 0 Å². The van der Waals surface area contributed by atoms with Gasteiger partial charge in [-0.3, -0.25) is 0 Å². The molecule has 0 saturated heterocycles. The molecule has 0 N–H and O–H groups in total. The van der Waals surface area contributed by atoms with Crippen molar-refractivity contribution in [2.24, 2.45) is 23.7 Å². The molecule has 2 fully saturated rings. The van der Waals surface area contributed by atoms with Crippen LogP contribution in [-0.4, -0.2) is 18.7 Å². The molecule has 3 aliphatic carbocycles. The van der Waals surface area contributed by atoms with Gasteiger partial charge in [0.2, 0.25) is 0 Å². The summed E-state index contributed by atoms with van der Waals surface area (Å²) in [6.07, 6.45) is 3.87. The Bertz CT molecular complexity index is 648. The Morgan fingerprint density at radius 1 is 1.17 bits per heavy atom. The van der Waals surface area contributed by atoms with Gasteiger partial charge in [-0.05, 0) is 62.0 Å². The number of fused-ring (bicyclic) bond motifs is 5. The zero-order chi connectivity index (χ0) is 16.7. The number of carbonyl (C=O) groups is 1. The molecule has 2 saturated carbocycles. The maximum Gasteiger partial charge on any atom is 0.334 e. The minimum absolute atomic E-state index is 0.00906. The maximum absolute atomic E-state index is 12.5. The van der Waals surface area contributed by atoms with E-state index >= 15 is 0 Å². The van der Waals surface area contributed by atoms with Crippen LogP contribution in [0.2, 0.25) is 0 Å². The van der Waals surface area contributed by atoms with Crippen LogP contribution >= 0.6 is 0 Å². The van der Waals surface area contributed by atoms with E-state index in [0.29, 0.717) is 31.0 Å². The van der Waals surface area contributed by atoms with Crippen LogP contribution in [0.15, 0.2) is 41.5 Å². The zero-order valence-corrected chi connectivity index (χ0v) is 14.5. The summed E-state index contributed by atoms with van der Waals surface area (Å²) in [7, 11) is 0. The summed E-state index contributed by atoms with van der Waals surface area (Å²) in [5, 5.41) is 0. The third-order valence-corrected chi connectivity index (χ3v) is 6.20. The number of hydrogen-bond donors (Lipinski definition) is 0. The molecule has 4 rings (SSSR count). The normalized spacial score (nSPS) is 31.6. The molecule has 2 bridgehead atoms. The van der Waals surface area contributed by atoms with Gasteiger partial charge < -0.3 is 9.47 Å². The molecule has 0 unspecified atom stereocenters. The first-order valence-electron chi connectivity index (χ1n) is 9.27. The van der Waals surface area contributed by atoms with Crippen LogP contribution < -0.4 is 0 Å². The lowest BCUT2D eigenvalue weighted by Gasteiger charge is -2.45. The van der Waals surface area contributed by atoms with Gasteiger partial charge in [0.1, 0.15) is 0 Å². The van der Waals surface area contributed by atoms with Gasteiger partial charge in [-0.15, -0.1) is 0 Å². The van der Waals surface area contributed by atoms with E-state index in [9.17, 15) is 4.79 Å². The molecule has 3 nitrogen and oxygen atoms in total. The fourth-order valence-electron chi connectivity index (χ4n) is 5.27. The van der Waals surface area contributed by atoms with E-state index < -0.39 is 0 Å². The number of benzene rings is 1. The van der Waals surface area contributed by atoms with Gasteiger partial charge in [-0.25, -0.2) is 4.79 Å². The minimum atomic E-state index is -0.100. The van der Waals surface area contributed by atoms with Crippen LogP contribution in [0.1, 0.15) is 38.7 Å². The minimum Gasteiger partial charge on any atom is -0.463 e. The second kappa shape index (κ2) is 6.36. The van der Waals surface area contributed by atoms with Crippen molar-refractivity contribution in [2.75, 3.05) is 6.61 Å². The lowest BCUT2D eigenvalue weighted by molar-refractivity contribution is -0.140. The van der Waals surface area contributed by atoms with Crippen molar-refractivity contribution in [3.63, 3.8) is 0 Å². The average molecular weight is 326 g/mol. The number of carbonyl (C=O) groups excluding carboxylic acids is 1. The quantitative estimate of drug-likeness (QED) is 0.738. The highest BCUT2D eigenvalue weighted by atomic mass is 16.5. The fourth-order valence-corrected chi connectivity index (χ4v) is 5.27. The first-order valence-corrected chi connectivity index (χ1v) is 9.27. The van der Waals surface area contributed by atoms with Gasteiger partial charge in [0.05, 0.1) is 19.3 Å². The first kappa shape index (κ1) is 15.9. The Balaban J connectivity index is 1.53. The number of ether oxygens (including phenoxy) is 2. The standard InChI is InChI=1S/C21H26O3/c1-3-23-21(22)20-17(18-15-9-10-16(11-15)19(18)20)13(2)24-12-14-7-5-4-6-8-14/h4-8,13,15-16,18-19H,3,9-12H2,1-2H3/t13-,15-,16+,18-,19-/m0/s1. The fraction of sp³-hybridized carbons (Fsp3) is 0.571. The molecule has 24 heavy (non-hydrogen) atoms. The van der Waals surface area contributed by atoms with Crippen molar-refractivity contribution in [3.05, 3.63) is 47.0 Å². The molecule has 1 aromatic rings. The van der Waals surface area contributed by atoms with Crippen LogP contribution in [0.25, 0.3) is 0 Å². The Hall–Kier alpha value is -1.61. The van der Waals surface area contributed by atoms with Gasteiger partial charge in [-0.2, -0.15) is 0 Å². The first-order chi connectivity index (χ1) is 11.7. The molecule has 0 radical (unpaired) electrons. The van der Waals surface area contributed by atoms with Crippen molar-refractivity contribution < 1.29 is 14.3 Å². The average Bonchev–Trinajstić information content (AvgIpc) is 3.12. The second-order valence-corrected chi connectivity index (χ2v) is 7.41. The predicted octanol–water partition coefficient (Wildman–Crippen LogP) is 4.13. The van der Waals surface area contributed by atoms with E-state index in [2.05, 4.69) is 19.1 Å². The third-order valence-electron chi connectivity index (χ3n) is 6.20. The summed E-state index contributed by atoms with van der Waals surface area (Å²) < 4.78 is 11.5. The van der Waals surface area contributed by atoms with E-state index in [0.717, 1.165) is 11.5 Å². The Kier molecular flexibility index (Phi) is 4.21. The molecule has 3 heteroatoms. The molecule has 0 amide bonds. The second-order valence-electron chi connectivity index (χ2n) is 7.41. The van der Waals surface area contributed by atoms with Gasteiger partial charge in [-0.1, -0.05) is 30.3 Å².